The number of hydrogen-bond acceptors (Lipinski definition) is 1. The van der Waals surface area contributed by atoms with Crippen LogP contribution in [0.1, 0.15) is 51.1 Å². The van der Waals surface area contributed by atoms with Crippen LogP contribution >= 0.6 is 15.9 Å². The van der Waals surface area contributed by atoms with Crippen LogP contribution in [0.25, 0.3) is 0 Å². The van der Waals surface area contributed by atoms with Gasteiger partial charge in [-0.3, -0.25) is 0 Å². The summed E-state index contributed by atoms with van der Waals surface area (Å²) in [5, 5.41) is 0. The minimum atomic E-state index is 0.185. The second-order valence-electron chi connectivity index (χ2n) is 4.39. The molecule has 16 heavy (non-hydrogen) atoms. The molecule has 1 nitrogen and oxygen atoms in total. The molecule has 2 N–H and O–H groups in total. The van der Waals surface area contributed by atoms with Gasteiger partial charge in [0.05, 0.1) is 0 Å². The van der Waals surface area contributed by atoms with E-state index in [1.165, 1.54) is 24.8 Å². The van der Waals surface area contributed by atoms with Crippen molar-refractivity contribution < 1.29 is 0 Å². The van der Waals surface area contributed by atoms with E-state index in [2.05, 4.69) is 54.0 Å². The Kier molecular flexibility index (Phi) is 6.07. The zero-order valence-corrected chi connectivity index (χ0v) is 11.8. The van der Waals surface area contributed by atoms with Gasteiger partial charge >= 0.3 is 0 Å². The maximum absolute atomic E-state index is 6.33. The summed E-state index contributed by atoms with van der Waals surface area (Å²) in [6.07, 6.45) is 4.94. The minimum absolute atomic E-state index is 0.185. The van der Waals surface area contributed by atoms with Gasteiger partial charge in [-0.15, -0.1) is 0 Å². The predicted molar refractivity (Wildman–Crippen MR) is 74.4 cm³/mol. The molecule has 0 aromatic heterocycles. The summed E-state index contributed by atoms with van der Waals surface area (Å²) in [4.78, 5) is 0. The molecular formula is C14H22BrN. The van der Waals surface area contributed by atoms with E-state index in [0.717, 1.165) is 10.9 Å². The van der Waals surface area contributed by atoms with E-state index in [-0.39, 0.29) is 6.04 Å². The number of nitrogens with two attached hydrogens (primary N) is 1. The molecule has 0 fully saturated rings. The summed E-state index contributed by atoms with van der Waals surface area (Å²) in [7, 11) is 0. The summed E-state index contributed by atoms with van der Waals surface area (Å²) in [6, 6.07) is 8.58. The molecule has 0 saturated carbocycles. The second kappa shape index (κ2) is 7.08. The van der Waals surface area contributed by atoms with Crippen molar-refractivity contribution in [1.29, 1.82) is 0 Å². The zero-order valence-electron chi connectivity index (χ0n) is 10.2. The van der Waals surface area contributed by atoms with Crippen LogP contribution in [0.5, 0.6) is 0 Å². The van der Waals surface area contributed by atoms with Gasteiger partial charge in [0, 0.05) is 10.5 Å². The average Bonchev–Trinajstić information content (AvgIpc) is 2.30. The van der Waals surface area contributed by atoms with Crippen LogP contribution in [0.3, 0.4) is 0 Å². The highest BCUT2D eigenvalue weighted by Crippen LogP contribution is 2.27. The Morgan fingerprint density at radius 1 is 1.19 bits per heavy atom. The zero-order chi connectivity index (χ0) is 12.0. The van der Waals surface area contributed by atoms with Gasteiger partial charge in [-0.25, -0.2) is 0 Å². The Morgan fingerprint density at radius 3 is 2.31 bits per heavy atom. The lowest BCUT2D eigenvalue weighted by Gasteiger charge is -2.23. The average molecular weight is 284 g/mol. The Labute approximate surface area is 108 Å². The molecule has 0 saturated heterocycles. The van der Waals surface area contributed by atoms with Crippen molar-refractivity contribution in [2.24, 2.45) is 11.7 Å². The van der Waals surface area contributed by atoms with E-state index in [0.29, 0.717) is 5.92 Å². The predicted octanol–water partition coefficient (Wildman–Crippen LogP) is 4.67. The lowest BCUT2D eigenvalue weighted by Crippen LogP contribution is -2.20. The number of halogens is 1. The SMILES string of the molecule is CCCCC(CC)C(N)c1ccc(Br)cc1. The molecule has 0 aliphatic carbocycles. The molecule has 2 heteroatoms. The standard InChI is InChI=1S/C14H22BrN/c1-3-5-6-11(4-2)14(16)12-7-9-13(15)10-8-12/h7-11,14H,3-6,16H2,1-2H3. The first-order chi connectivity index (χ1) is 7.69. The van der Waals surface area contributed by atoms with Crippen LogP contribution in [0.15, 0.2) is 28.7 Å². The fourth-order valence-electron chi connectivity index (χ4n) is 2.06. The lowest BCUT2D eigenvalue weighted by atomic mass is 9.87. The van der Waals surface area contributed by atoms with E-state index in [9.17, 15) is 0 Å². The van der Waals surface area contributed by atoms with E-state index in [1.54, 1.807) is 0 Å². The van der Waals surface area contributed by atoms with Crippen molar-refractivity contribution in [2.75, 3.05) is 0 Å². The summed E-state index contributed by atoms with van der Waals surface area (Å²) in [5.74, 6) is 0.612. The molecule has 2 atom stereocenters. The van der Waals surface area contributed by atoms with Crippen LogP contribution in [-0.4, -0.2) is 0 Å². The lowest BCUT2D eigenvalue weighted by molar-refractivity contribution is 0.378. The van der Waals surface area contributed by atoms with Crippen molar-refractivity contribution in [1.82, 2.24) is 0 Å². The molecule has 1 rings (SSSR count). The highest BCUT2D eigenvalue weighted by Gasteiger charge is 2.16. The number of rotatable bonds is 6. The maximum Gasteiger partial charge on any atom is 0.0323 e. The Bertz CT molecular complexity index is 294. The van der Waals surface area contributed by atoms with E-state index < -0.39 is 0 Å². The molecule has 0 spiro atoms. The first-order valence-corrected chi connectivity index (χ1v) is 6.99. The van der Waals surface area contributed by atoms with Gasteiger partial charge in [0.25, 0.3) is 0 Å². The smallest absolute Gasteiger partial charge is 0.0323 e. The van der Waals surface area contributed by atoms with Gasteiger partial charge in [-0.05, 0) is 30.0 Å². The number of unbranched alkanes of at least 4 members (excludes halogenated alkanes) is 1. The quantitative estimate of drug-likeness (QED) is 0.807. The first kappa shape index (κ1) is 13.7. The summed E-state index contributed by atoms with van der Waals surface area (Å²) >= 11 is 3.45. The molecular weight excluding hydrogens is 262 g/mol. The summed E-state index contributed by atoms with van der Waals surface area (Å²) < 4.78 is 1.12. The Balaban J connectivity index is 2.66. The number of benzene rings is 1. The van der Waals surface area contributed by atoms with Crippen molar-refractivity contribution in [2.45, 2.75) is 45.6 Å². The van der Waals surface area contributed by atoms with E-state index in [4.69, 9.17) is 5.73 Å². The molecule has 2 unspecified atom stereocenters. The van der Waals surface area contributed by atoms with E-state index >= 15 is 0 Å². The van der Waals surface area contributed by atoms with Crippen LogP contribution in [0, 0.1) is 5.92 Å². The summed E-state index contributed by atoms with van der Waals surface area (Å²) in [5.41, 5.74) is 7.58. The van der Waals surface area contributed by atoms with Gasteiger partial charge in [0.2, 0.25) is 0 Å². The van der Waals surface area contributed by atoms with E-state index in [1.807, 2.05) is 0 Å². The molecule has 0 aliphatic heterocycles. The third-order valence-corrected chi connectivity index (χ3v) is 3.74. The fourth-order valence-corrected chi connectivity index (χ4v) is 2.33. The van der Waals surface area contributed by atoms with Gasteiger partial charge in [-0.2, -0.15) is 0 Å². The molecule has 0 aliphatic rings. The van der Waals surface area contributed by atoms with Crippen molar-refractivity contribution in [3.8, 4) is 0 Å². The van der Waals surface area contributed by atoms with Gasteiger partial charge < -0.3 is 5.73 Å². The van der Waals surface area contributed by atoms with Crippen LogP contribution in [0.4, 0.5) is 0 Å². The summed E-state index contributed by atoms with van der Waals surface area (Å²) in [6.45, 7) is 4.47. The highest BCUT2D eigenvalue weighted by atomic mass is 79.9. The van der Waals surface area contributed by atoms with Crippen molar-refractivity contribution in [3.05, 3.63) is 34.3 Å². The normalized spacial score (nSPS) is 14.8. The van der Waals surface area contributed by atoms with Gasteiger partial charge in [0.1, 0.15) is 0 Å². The second-order valence-corrected chi connectivity index (χ2v) is 5.30. The maximum atomic E-state index is 6.33. The first-order valence-electron chi connectivity index (χ1n) is 6.20. The minimum Gasteiger partial charge on any atom is -0.324 e. The third kappa shape index (κ3) is 3.91. The largest absolute Gasteiger partial charge is 0.324 e. The molecule has 0 bridgehead atoms. The number of hydrogen-bond donors (Lipinski definition) is 1. The highest BCUT2D eigenvalue weighted by molar-refractivity contribution is 9.10. The third-order valence-electron chi connectivity index (χ3n) is 3.22. The molecule has 0 radical (unpaired) electrons. The van der Waals surface area contributed by atoms with Crippen LogP contribution < -0.4 is 5.73 Å². The Morgan fingerprint density at radius 2 is 1.81 bits per heavy atom. The molecule has 90 valence electrons. The molecule has 1 aromatic rings. The topological polar surface area (TPSA) is 26.0 Å². The van der Waals surface area contributed by atoms with Gasteiger partial charge in [0.15, 0.2) is 0 Å². The molecule has 0 heterocycles. The van der Waals surface area contributed by atoms with Crippen molar-refractivity contribution >= 4 is 15.9 Å². The van der Waals surface area contributed by atoms with Crippen LogP contribution in [0.2, 0.25) is 0 Å². The van der Waals surface area contributed by atoms with Crippen LogP contribution in [-0.2, 0) is 0 Å². The van der Waals surface area contributed by atoms with Gasteiger partial charge in [-0.1, -0.05) is 61.2 Å². The molecule has 1 aromatic carbocycles. The monoisotopic (exact) mass is 283 g/mol. The molecule has 0 amide bonds. The fraction of sp³-hybridized carbons (Fsp3) is 0.571. The van der Waals surface area contributed by atoms with Crippen molar-refractivity contribution in [3.63, 3.8) is 0 Å². The Hall–Kier alpha value is -0.340.